The maximum Gasteiger partial charge on any atom is 0.328 e. The smallest absolute Gasteiger partial charge is 0.328 e. The molecule has 0 saturated heterocycles. The SMILES string of the molecule is CC(=CC(=O)O)c1cccc2c1Cc1ccccc1-2. The van der Waals surface area contributed by atoms with E-state index in [0.717, 1.165) is 17.6 Å². The Balaban J connectivity index is 2.16. The van der Waals surface area contributed by atoms with Crippen LogP contribution in [0.5, 0.6) is 0 Å². The summed E-state index contributed by atoms with van der Waals surface area (Å²) in [6.07, 6.45) is 2.16. The van der Waals surface area contributed by atoms with Crippen molar-refractivity contribution < 1.29 is 9.90 Å². The number of hydrogen-bond acceptors (Lipinski definition) is 1. The second kappa shape index (κ2) is 4.39. The number of rotatable bonds is 2. The molecule has 1 aliphatic carbocycles. The first-order chi connectivity index (χ1) is 9.16. The molecule has 0 amide bonds. The zero-order valence-corrected chi connectivity index (χ0v) is 10.7. The van der Waals surface area contributed by atoms with E-state index in [1.165, 1.54) is 28.3 Å². The monoisotopic (exact) mass is 250 g/mol. The van der Waals surface area contributed by atoms with Crippen molar-refractivity contribution in [3.8, 4) is 11.1 Å². The number of carboxylic acids is 1. The topological polar surface area (TPSA) is 37.3 Å². The van der Waals surface area contributed by atoms with Gasteiger partial charge in [-0.05, 0) is 46.7 Å². The van der Waals surface area contributed by atoms with Crippen molar-refractivity contribution in [3.05, 3.63) is 65.2 Å². The van der Waals surface area contributed by atoms with Crippen LogP contribution in [0.2, 0.25) is 0 Å². The summed E-state index contributed by atoms with van der Waals surface area (Å²) in [6, 6.07) is 14.5. The van der Waals surface area contributed by atoms with Crippen LogP contribution in [0.1, 0.15) is 23.6 Å². The van der Waals surface area contributed by atoms with Crippen LogP contribution in [-0.2, 0) is 11.2 Å². The third-order valence-corrected chi connectivity index (χ3v) is 3.62. The molecule has 0 aromatic heterocycles. The number of carboxylic acid groups (broad SMARTS) is 1. The molecule has 94 valence electrons. The van der Waals surface area contributed by atoms with Gasteiger partial charge in [0.25, 0.3) is 0 Å². The van der Waals surface area contributed by atoms with E-state index in [0.29, 0.717) is 0 Å². The molecule has 0 unspecified atom stereocenters. The third kappa shape index (κ3) is 1.95. The summed E-state index contributed by atoms with van der Waals surface area (Å²) in [6.45, 7) is 1.85. The predicted molar refractivity (Wildman–Crippen MR) is 76.0 cm³/mol. The summed E-state index contributed by atoms with van der Waals surface area (Å²) in [4.78, 5) is 10.8. The van der Waals surface area contributed by atoms with Crippen molar-refractivity contribution in [1.29, 1.82) is 0 Å². The molecule has 0 atom stereocenters. The standard InChI is InChI=1S/C17H14O2/c1-11(9-17(18)19)13-7-4-8-15-14-6-3-2-5-12(14)10-16(13)15/h2-9H,10H2,1H3,(H,18,19). The first-order valence-electron chi connectivity index (χ1n) is 6.28. The van der Waals surface area contributed by atoms with Crippen molar-refractivity contribution in [2.75, 3.05) is 0 Å². The fourth-order valence-electron chi connectivity index (χ4n) is 2.79. The van der Waals surface area contributed by atoms with Gasteiger partial charge in [0.2, 0.25) is 0 Å². The molecule has 2 heteroatoms. The lowest BCUT2D eigenvalue weighted by atomic mass is 9.96. The van der Waals surface area contributed by atoms with Crippen LogP contribution in [0.3, 0.4) is 0 Å². The Kier molecular flexibility index (Phi) is 2.71. The fraction of sp³-hybridized carbons (Fsp3) is 0.118. The summed E-state index contributed by atoms with van der Waals surface area (Å²) in [5.74, 6) is -0.898. The minimum Gasteiger partial charge on any atom is -0.478 e. The number of hydrogen-bond donors (Lipinski definition) is 1. The third-order valence-electron chi connectivity index (χ3n) is 3.62. The van der Waals surface area contributed by atoms with Crippen LogP contribution in [0.25, 0.3) is 16.7 Å². The van der Waals surface area contributed by atoms with E-state index in [2.05, 4.69) is 18.2 Å². The Bertz CT molecular complexity index is 696. The van der Waals surface area contributed by atoms with Gasteiger partial charge in [0, 0.05) is 6.08 Å². The first-order valence-corrected chi connectivity index (χ1v) is 6.28. The van der Waals surface area contributed by atoms with Crippen molar-refractivity contribution >= 4 is 11.5 Å². The van der Waals surface area contributed by atoms with Gasteiger partial charge in [-0.1, -0.05) is 42.5 Å². The molecule has 0 saturated carbocycles. The van der Waals surface area contributed by atoms with Gasteiger partial charge in [0.05, 0.1) is 0 Å². The van der Waals surface area contributed by atoms with E-state index in [4.69, 9.17) is 5.11 Å². The van der Waals surface area contributed by atoms with Crippen molar-refractivity contribution in [3.63, 3.8) is 0 Å². The molecular formula is C17H14O2. The van der Waals surface area contributed by atoms with E-state index in [9.17, 15) is 4.79 Å². The van der Waals surface area contributed by atoms with Gasteiger partial charge in [-0.25, -0.2) is 4.79 Å². The zero-order valence-electron chi connectivity index (χ0n) is 10.7. The van der Waals surface area contributed by atoms with Crippen LogP contribution in [0, 0.1) is 0 Å². The molecule has 0 heterocycles. The number of carbonyl (C=O) groups is 1. The van der Waals surface area contributed by atoms with Gasteiger partial charge < -0.3 is 5.11 Å². The van der Waals surface area contributed by atoms with Crippen LogP contribution >= 0.6 is 0 Å². The van der Waals surface area contributed by atoms with Crippen molar-refractivity contribution in [1.82, 2.24) is 0 Å². The molecule has 1 N–H and O–H groups in total. The Hall–Kier alpha value is -2.35. The van der Waals surface area contributed by atoms with E-state index in [1.807, 2.05) is 31.2 Å². The molecule has 1 aliphatic rings. The van der Waals surface area contributed by atoms with Crippen LogP contribution in [0.15, 0.2) is 48.5 Å². The minimum atomic E-state index is -0.898. The Morgan fingerprint density at radius 1 is 1.11 bits per heavy atom. The normalized spacial score (nSPS) is 13.0. The minimum absolute atomic E-state index is 0.803. The average Bonchev–Trinajstić information content (AvgIpc) is 2.76. The van der Waals surface area contributed by atoms with Crippen molar-refractivity contribution in [2.24, 2.45) is 0 Å². The molecule has 0 radical (unpaired) electrons. The lowest BCUT2D eigenvalue weighted by Crippen LogP contribution is -1.94. The maximum atomic E-state index is 10.8. The number of allylic oxidation sites excluding steroid dienone is 1. The van der Waals surface area contributed by atoms with Crippen LogP contribution in [0.4, 0.5) is 0 Å². The largest absolute Gasteiger partial charge is 0.478 e. The van der Waals surface area contributed by atoms with Gasteiger partial charge >= 0.3 is 5.97 Å². The van der Waals surface area contributed by atoms with E-state index >= 15 is 0 Å². The summed E-state index contributed by atoms with van der Waals surface area (Å²) < 4.78 is 0. The lowest BCUT2D eigenvalue weighted by Gasteiger charge is -2.08. The van der Waals surface area contributed by atoms with E-state index < -0.39 is 5.97 Å². The molecule has 3 rings (SSSR count). The van der Waals surface area contributed by atoms with Gasteiger partial charge in [-0.15, -0.1) is 0 Å². The average molecular weight is 250 g/mol. The molecule has 0 aliphatic heterocycles. The highest BCUT2D eigenvalue weighted by Crippen LogP contribution is 2.39. The lowest BCUT2D eigenvalue weighted by molar-refractivity contribution is -0.131. The molecular weight excluding hydrogens is 236 g/mol. The highest BCUT2D eigenvalue weighted by molar-refractivity contribution is 5.92. The Morgan fingerprint density at radius 3 is 2.63 bits per heavy atom. The summed E-state index contributed by atoms with van der Waals surface area (Å²) in [7, 11) is 0. The molecule has 0 fully saturated rings. The van der Waals surface area contributed by atoms with Gasteiger partial charge in [0.15, 0.2) is 0 Å². The van der Waals surface area contributed by atoms with Crippen molar-refractivity contribution in [2.45, 2.75) is 13.3 Å². The van der Waals surface area contributed by atoms with Gasteiger partial charge in [-0.3, -0.25) is 0 Å². The first kappa shape index (κ1) is 11.7. The highest BCUT2D eigenvalue weighted by atomic mass is 16.4. The van der Waals surface area contributed by atoms with Gasteiger partial charge in [-0.2, -0.15) is 0 Å². The maximum absolute atomic E-state index is 10.8. The number of benzene rings is 2. The second-order valence-corrected chi connectivity index (χ2v) is 4.83. The van der Waals surface area contributed by atoms with E-state index in [-0.39, 0.29) is 0 Å². The zero-order chi connectivity index (χ0) is 13.4. The Labute approximate surface area is 112 Å². The Morgan fingerprint density at radius 2 is 1.84 bits per heavy atom. The van der Waals surface area contributed by atoms with E-state index in [1.54, 1.807) is 0 Å². The fourth-order valence-corrected chi connectivity index (χ4v) is 2.79. The molecule has 2 nitrogen and oxygen atoms in total. The molecule has 0 spiro atoms. The second-order valence-electron chi connectivity index (χ2n) is 4.83. The van der Waals surface area contributed by atoms with Crippen LogP contribution < -0.4 is 0 Å². The molecule has 0 bridgehead atoms. The summed E-state index contributed by atoms with van der Waals surface area (Å²) >= 11 is 0. The van der Waals surface area contributed by atoms with Gasteiger partial charge in [0.1, 0.15) is 0 Å². The number of aliphatic carboxylic acids is 1. The van der Waals surface area contributed by atoms with Crippen LogP contribution in [-0.4, -0.2) is 11.1 Å². The number of fused-ring (bicyclic) bond motifs is 3. The molecule has 2 aromatic rings. The summed E-state index contributed by atoms with van der Waals surface area (Å²) in [5.41, 5.74) is 6.88. The molecule has 2 aromatic carbocycles. The quantitative estimate of drug-likeness (QED) is 0.703. The predicted octanol–water partition coefficient (Wildman–Crippen LogP) is 3.75. The highest BCUT2D eigenvalue weighted by Gasteiger charge is 2.20. The summed E-state index contributed by atoms with van der Waals surface area (Å²) in [5, 5.41) is 8.89. The molecule has 19 heavy (non-hydrogen) atoms.